The molecule has 1 aromatic carbocycles. The number of nitrogen functional groups attached to an aromatic ring is 1. The van der Waals surface area contributed by atoms with Gasteiger partial charge in [-0.05, 0) is 11.6 Å². The number of alkyl halides is 3. The molecule has 0 saturated carbocycles. The van der Waals surface area contributed by atoms with Crippen LogP contribution in [0, 0.1) is 0 Å². The highest BCUT2D eigenvalue weighted by Crippen LogP contribution is 2.18. The summed E-state index contributed by atoms with van der Waals surface area (Å²) in [6, 6.07) is 7.10. The van der Waals surface area contributed by atoms with E-state index in [4.69, 9.17) is 5.73 Å². The van der Waals surface area contributed by atoms with Crippen molar-refractivity contribution in [1.82, 2.24) is 5.32 Å². The lowest BCUT2D eigenvalue weighted by Gasteiger charge is -2.09. The first-order valence-electron chi connectivity index (χ1n) is 4.60. The van der Waals surface area contributed by atoms with Crippen molar-refractivity contribution in [2.45, 2.75) is 19.1 Å². The summed E-state index contributed by atoms with van der Waals surface area (Å²) in [7, 11) is 0. The molecular formula is C10H13F3N2. The van der Waals surface area contributed by atoms with Gasteiger partial charge in [-0.2, -0.15) is 13.2 Å². The maximum Gasteiger partial charge on any atom is 0.390 e. The number of anilines is 1. The monoisotopic (exact) mass is 218 g/mol. The highest BCUT2D eigenvalue weighted by atomic mass is 19.4. The van der Waals surface area contributed by atoms with Crippen molar-refractivity contribution in [2.24, 2.45) is 0 Å². The first-order chi connectivity index (χ1) is 6.99. The quantitative estimate of drug-likeness (QED) is 0.601. The van der Waals surface area contributed by atoms with Crippen molar-refractivity contribution in [3.8, 4) is 0 Å². The number of rotatable bonds is 4. The molecular weight excluding hydrogens is 205 g/mol. The third-order valence-electron chi connectivity index (χ3n) is 1.96. The molecule has 0 heterocycles. The predicted molar refractivity (Wildman–Crippen MR) is 53.2 cm³/mol. The van der Waals surface area contributed by atoms with E-state index < -0.39 is 12.6 Å². The fourth-order valence-electron chi connectivity index (χ4n) is 1.15. The lowest BCUT2D eigenvalue weighted by molar-refractivity contribution is -0.133. The number of halogens is 3. The Labute approximate surface area is 86.3 Å². The number of nitrogens with one attached hydrogen (secondary N) is 1. The van der Waals surface area contributed by atoms with Gasteiger partial charge in [-0.15, -0.1) is 0 Å². The van der Waals surface area contributed by atoms with Gasteiger partial charge in [0.15, 0.2) is 0 Å². The third-order valence-corrected chi connectivity index (χ3v) is 1.96. The molecule has 0 atom stereocenters. The zero-order chi connectivity index (χ0) is 11.3. The molecule has 1 aromatic rings. The van der Waals surface area contributed by atoms with E-state index in [2.05, 4.69) is 5.32 Å². The lowest BCUT2D eigenvalue weighted by Crippen LogP contribution is -2.21. The average Bonchev–Trinajstić information content (AvgIpc) is 2.13. The van der Waals surface area contributed by atoms with E-state index in [0.717, 1.165) is 5.56 Å². The molecule has 0 radical (unpaired) electrons. The molecule has 0 aliphatic carbocycles. The second kappa shape index (κ2) is 5.02. The lowest BCUT2D eigenvalue weighted by atomic mass is 10.2. The van der Waals surface area contributed by atoms with Crippen molar-refractivity contribution in [2.75, 3.05) is 12.3 Å². The first kappa shape index (κ1) is 11.8. The molecule has 5 heteroatoms. The average molecular weight is 218 g/mol. The van der Waals surface area contributed by atoms with Crippen molar-refractivity contribution < 1.29 is 13.2 Å². The summed E-state index contributed by atoms with van der Waals surface area (Å²) < 4.78 is 35.4. The van der Waals surface area contributed by atoms with Gasteiger partial charge < -0.3 is 11.1 Å². The van der Waals surface area contributed by atoms with Gasteiger partial charge in [-0.1, -0.05) is 18.2 Å². The highest BCUT2D eigenvalue weighted by molar-refractivity contribution is 5.46. The Balaban J connectivity index is 2.30. The molecule has 0 unspecified atom stereocenters. The normalized spacial score (nSPS) is 11.7. The largest absolute Gasteiger partial charge is 0.398 e. The molecule has 0 saturated heterocycles. The number of benzene rings is 1. The van der Waals surface area contributed by atoms with Crippen LogP contribution < -0.4 is 11.1 Å². The summed E-state index contributed by atoms with van der Waals surface area (Å²) >= 11 is 0. The van der Waals surface area contributed by atoms with E-state index in [9.17, 15) is 13.2 Å². The number of hydrogen-bond acceptors (Lipinski definition) is 2. The Morgan fingerprint density at radius 3 is 2.47 bits per heavy atom. The Kier molecular flexibility index (Phi) is 3.96. The SMILES string of the molecule is Nc1ccccc1CNCCC(F)(F)F. The smallest absolute Gasteiger partial charge is 0.390 e. The summed E-state index contributed by atoms with van der Waals surface area (Å²) in [5, 5.41) is 2.70. The van der Waals surface area contributed by atoms with Crippen molar-refractivity contribution in [3.05, 3.63) is 29.8 Å². The van der Waals surface area contributed by atoms with E-state index in [0.29, 0.717) is 12.2 Å². The minimum atomic E-state index is -4.10. The molecule has 1 rings (SSSR count). The summed E-state index contributed by atoms with van der Waals surface area (Å²) in [5.74, 6) is 0. The predicted octanol–water partition coefficient (Wildman–Crippen LogP) is 2.31. The molecule has 84 valence electrons. The van der Waals surface area contributed by atoms with Crippen LogP contribution in [-0.4, -0.2) is 12.7 Å². The number of para-hydroxylation sites is 1. The topological polar surface area (TPSA) is 38.0 Å². The summed E-state index contributed by atoms with van der Waals surface area (Å²) in [6.45, 7) is 0.278. The van der Waals surface area contributed by atoms with E-state index in [1.54, 1.807) is 24.3 Å². The van der Waals surface area contributed by atoms with Crippen LogP contribution in [0.25, 0.3) is 0 Å². The molecule has 0 fully saturated rings. The van der Waals surface area contributed by atoms with E-state index >= 15 is 0 Å². The number of nitrogens with two attached hydrogens (primary N) is 1. The zero-order valence-corrected chi connectivity index (χ0v) is 8.14. The molecule has 3 N–H and O–H groups in total. The van der Waals surface area contributed by atoms with Crippen molar-refractivity contribution in [1.29, 1.82) is 0 Å². The Hall–Kier alpha value is -1.23. The van der Waals surface area contributed by atoms with E-state index in [-0.39, 0.29) is 6.54 Å². The maximum absolute atomic E-state index is 11.8. The molecule has 0 spiro atoms. The van der Waals surface area contributed by atoms with Crippen LogP contribution in [0.1, 0.15) is 12.0 Å². The van der Waals surface area contributed by atoms with Crippen LogP contribution in [0.5, 0.6) is 0 Å². The zero-order valence-electron chi connectivity index (χ0n) is 8.14. The highest BCUT2D eigenvalue weighted by Gasteiger charge is 2.25. The summed E-state index contributed by atoms with van der Waals surface area (Å²) in [5.41, 5.74) is 7.04. The Morgan fingerprint density at radius 2 is 1.87 bits per heavy atom. The van der Waals surface area contributed by atoms with Gasteiger partial charge in [0.05, 0.1) is 6.42 Å². The molecule has 0 amide bonds. The molecule has 2 nitrogen and oxygen atoms in total. The van der Waals surface area contributed by atoms with E-state index in [1.807, 2.05) is 0 Å². The van der Waals surface area contributed by atoms with Gasteiger partial charge in [0, 0.05) is 18.8 Å². The second-order valence-corrected chi connectivity index (χ2v) is 3.24. The van der Waals surface area contributed by atoms with Crippen LogP contribution in [-0.2, 0) is 6.54 Å². The van der Waals surface area contributed by atoms with Crippen LogP contribution in [0.15, 0.2) is 24.3 Å². The maximum atomic E-state index is 11.8. The fraction of sp³-hybridized carbons (Fsp3) is 0.400. The first-order valence-corrected chi connectivity index (χ1v) is 4.60. The summed E-state index contributed by atoms with van der Waals surface area (Å²) in [4.78, 5) is 0. The van der Waals surface area contributed by atoms with Crippen molar-refractivity contribution in [3.63, 3.8) is 0 Å². The Bertz CT molecular complexity index is 310. The minimum Gasteiger partial charge on any atom is -0.398 e. The van der Waals surface area contributed by atoms with Gasteiger partial charge in [0.25, 0.3) is 0 Å². The van der Waals surface area contributed by atoms with Crippen molar-refractivity contribution >= 4 is 5.69 Å². The van der Waals surface area contributed by atoms with E-state index in [1.165, 1.54) is 0 Å². The van der Waals surface area contributed by atoms with Crippen LogP contribution in [0.4, 0.5) is 18.9 Å². The molecule has 0 aliphatic heterocycles. The van der Waals surface area contributed by atoms with Gasteiger partial charge >= 0.3 is 6.18 Å². The number of hydrogen-bond donors (Lipinski definition) is 2. The summed E-state index contributed by atoms with van der Waals surface area (Å²) in [6.07, 6.45) is -4.92. The van der Waals surface area contributed by atoms with Gasteiger partial charge in [0.2, 0.25) is 0 Å². The van der Waals surface area contributed by atoms with Gasteiger partial charge in [-0.3, -0.25) is 0 Å². The fourth-order valence-corrected chi connectivity index (χ4v) is 1.15. The molecule has 15 heavy (non-hydrogen) atoms. The Morgan fingerprint density at radius 1 is 1.20 bits per heavy atom. The standard InChI is InChI=1S/C10H13F3N2/c11-10(12,13)5-6-15-7-8-3-1-2-4-9(8)14/h1-4,15H,5-7,14H2. The third kappa shape index (κ3) is 4.69. The molecule has 0 aliphatic rings. The van der Waals surface area contributed by atoms with Gasteiger partial charge in [0.1, 0.15) is 0 Å². The van der Waals surface area contributed by atoms with Crippen LogP contribution in [0.2, 0.25) is 0 Å². The van der Waals surface area contributed by atoms with Crippen LogP contribution >= 0.6 is 0 Å². The molecule has 0 bridgehead atoms. The minimum absolute atomic E-state index is 0.0855. The molecule has 0 aromatic heterocycles. The van der Waals surface area contributed by atoms with Gasteiger partial charge in [-0.25, -0.2) is 0 Å². The van der Waals surface area contributed by atoms with Crippen LogP contribution in [0.3, 0.4) is 0 Å². The second-order valence-electron chi connectivity index (χ2n) is 3.24.